The van der Waals surface area contributed by atoms with Gasteiger partial charge >= 0.3 is 0 Å². The number of fused-ring (bicyclic) bond motifs is 2. The normalized spacial score (nSPS) is 11.5. The van der Waals surface area contributed by atoms with Crippen molar-refractivity contribution < 1.29 is 13.7 Å². The molecular weight excluding hydrogens is 318 g/mol. The van der Waals surface area contributed by atoms with Gasteiger partial charge in [0.2, 0.25) is 0 Å². The minimum absolute atomic E-state index is 0.192. The van der Waals surface area contributed by atoms with Gasteiger partial charge < -0.3 is 14.3 Å². The molecule has 4 rings (SSSR count). The summed E-state index contributed by atoms with van der Waals surface area (Å²) < 4.78 is 10.9. The molecule has 0 spiro atoms. The number of furan rings is 1. The predicted molar refractivity (Wildman–Crippen MR) is 93.3 cm³/mol. The van der Waals surface area contributed by atoms with Crippen molar-refractivity contribution >= 4 is 28.0 Å². The van der Waals surface area contributed by atoms with Crippen LogP contribution in [0.15, 0.2) is 51.5 Å². The maximum Gasteiger partial charge on any atom is 0.257 e. The molecule has 0 unspecified atom stereocenters. The zero-order valence-electron chi connectivity index (χ0n) is 13.9. The first-order chi connectivity index (χ1) is 12.1. The molecular formula is C19H17N3O3. The van der Waals surface area contributed by atoms with Gasteiger partial charge in [0.1, 0.15) is 11.3 Å². The second-order valence-corrected chi connectivity index (χ2v) is 6.23. The second-order valence-electron chi connectivity index (χ2n) is 6.23. The van der Waals surface area contributed by atoms with Crippen LogP contribution < -0.4 is 5.32 Å². The fourth-order valence-electron chi connectivity index (χ4n) is 2.78. The van der Waals surface area contributed by atoms with E-state index in [-0.39, 0.29) is 11.8 Å². The third kappa shape index (κ3) is 2.87. The Morgan fingerprint density at radius 1 is 1.24 bits per heavy atom. The van der Waals surface area contributed by atoms with Crippen molar-refractivity contribution in [3.63, 3.8) is 0 Å². The maximum atomic E-state index is 12.4. The van der Waals surface area contributed by atoms with Crippen LogP contribution >= 0.6 is 0 Å². The summed E-state index contributed by atoms with van der Waals surface area (Å²) >= 11 is 0. The zero-order valence-corrected chi connectivity index (χ0v) is 13.9. The number of benzene rings is 1. The highest BCUT2D eigenvalue weighted by atomic mass is 16.5. The van der Waals surface area contributed by atoms with Crippen LogP contribution in [0, 0.1) is 0 Å². The predicted octanol–water partition coefficient (Wildman–Crippen LogP) is 4.02. The number of carbonyl (C=O) groups excluding carboxylic acids is 1. The van der Waals surface area contributed by atoms with Crippen molar-refractivity contribution in [3.8, 4) is 0 Å². The lowest BCUT2D eigenvalue weighted by molar-refractivity contribution is 0.0948. The molecule has 0 saturated carbocycles. The Kier molecular flexibility index (Phi) is 3.72. The SMILES string of the molecule is CC(C)c1noc2ncc(C(=O)NCc3cc4ccccc4o3)cc12. The van der Waals surface area contributed by atoms with Gasteiger partial charge in [-0.1, -0.05) is 37.2 Å². The number of pyridine rings is 1. The van der Waals surface area contributed by atoms with E-state index in [1.807, 2.05) is 44.2 Å². The van der Waals surface area contributed by atoms with Crippen molar-refractivity contribution in [1.29, 1.82) is 0 Å². The van der Waals surface area contributed by atoms with Gasteiger partial charge in [0, 0.05) is 11.6 Å². The van der Waals surface area contributed by atoms with Crippen molar-refractivity contribution in [3.05, 3.63) is 59.6 Å². The first kappa shape index (κ1) is 15.4. The van der Waals surface area contributed by atoms with Gasteiger partial charge in [-0.2, -0.15) is 0 Å². The molecule has 6 heteroatoms. The summed E-state index contributed by atoms with van der Waals surface area (Å²) in [6.45, 7) is 4.35. The molecule has 0 aliphatic carbocycles. The zero-order chi connectivity index (χ0) is 17.4. The summed E-state index contributed by atoms with van der Waals surface area (Å²) in [7, 11) is 0. The third-order valence-corrected chi connectivity index (χ3v) is 4.07. The first-order valence-corrected chi connectivity index (χ1v) is 8.13. The van der Waals surface area contributed by atoms with Crippen LogP contribution in [0.25, 0.3) is 22.1 Å². The van der Waals surface area contributed by atoms with Crippen LogP contribution in [0.3, 0.4) is 0 Å². The highest BCUT2D eigenvalue weighted by Crippen LogP contribution is 2.24. The number of carbonyl (C=O) groups is 1. The van der Waals surface area contributed by atoms with E-state index >= 15 is 0 Å². The van der Waals surface area contributed by atoms with Crippen LogP contribution in [0.4, 0.5) is 0 Å². The lowest BCUT2D eigenvalue weighted by Crippen LogP contribution is -2.22. The molecule has 4 aromatic rings. The summed E-state index contributed by atoms with van der Waals surface area (Å²) in [6.07, 6.45) is 1.49. The minimum atomic E-state index is -0.217. The fraction of sp³-hybridized carbons (Fsp3) is 0.211. The van der Waals surface area contributed by atoms with Crippen molar-refractivity contribution in [2.75, 3.05) is 0 Å². The van der Waals surface area contributed by atoms with Crippen molar-refractivity contribution in [2.24, 2.45) is 0 Å². The molecule has 0 aliphatic heterocycles. The molecule has 25 heavy (non-hydrogen) atoms. The van der Waals surface area contributed by atoms with E-state index in [1.165, 1.54) is 6.20 Å². The molecule has 0 radical (unpaired) electrons. The monoisotopic (exact) mass is 335 g/mol. The number of nitrogens with zero attached hydrogens (tertiary/aromatic N) is 2. The van der Waals surface area contributed by atoms with Crippen LogP contribution in [0.5, 0.6) is 0 Å². The Hall–Kier alpha value is -3.15. The van der Waals surface area contributed by atoms with Crippen molar-refractivity contribution in [1.82, 2.24) is 15.5 Å². The van der Waals surface area contributed by atoms with Crippen molar-refractivity contribution in [2.45, 2.75) is 26.3 Å². The quantitative estimate of drug-likeness (QED) is 0.609. The summed E-state index contributed by atoms with van der Waals surface area (Å²) in [5, 5.41) is 8.67. The molecule has 1 aromatic carbocycles. The molecule has 3 aromatic heterocycles. The van der Waals surface area contributed by atoms with E-state index in [0.717, 1.165) is 22.0 Å². The number of para-hydroxylation sites is 1. The first-order valence-electron chi connectivity index (χ1n) is 8.13. The van der Waals surface area contributed by atoms with E-state index in [0.29, 0.717) is 23.6 Å². The summed E-state index contributed by atoms with van der Waals surface area (Å²) in [4.78, 5) is 16.6. The van der Waals surface area contributed by atoms with Gasteiger partial charge in [0.05, 0.1) is 23.2 Å². The van der Waals surface area contributed by atoms with E-state index in [2.05, 4.69) is 15.5 Å². The van der Waals surface area contributed by atoms with Crippen LogP contribution in [0.1, 0.15) is 41.6 Å². The van der Waals surface area contributed by atoms with Crippen LogP contribution in [-0.2, 0) is 6.54 Å². The number of aromatic nitrogens is 2. The number of hydrogen-bond acceptors (Lipinski definition) is 5. The highest BCUT2D eigenvalue weighted by molar-refractivity contribution is 5.97. The molecule has 0 bridgehead atoms. The van der Waals surface area contributed by atoms with Crippen LogP contribution in [-0.4, -0.2) is 16.0 Å². The van der Waals surface area contributed by atoms with E-state index in [1.54, 1.807) is 6.07 Å². The lowest BCUT2D eigenvalue weighted by atomic mass is 10.1. The summed E-state index contributed by atoms with van der Waals surface area (Å²) in [5.74, 6) is 0.680. The molecule has 0 aliphatic rings. The maximum absolute atomic E-state index is 12.4. The van der Waals surface area contributed by atoms with Gasteiger partial charge in [0.25, 0.3) is 11.6 Å². The fourth-order valence-corrected chi connectivity index (χ4v) is 2.78. The Labute approximate surface area is 143 Å². The number of hydrogen-bond donors (Lipinski definition) is 1. The van der Waals surface area contributed by atoms with Gasteiger partial charge in [-0.15, -0.1) is 0 Å². The Balaban J connectivity index is 1.54. The van der Waals surface area contributed by atoms with Gasteiger partial charge in [-0.3, -0.25) is 4.79 Å². The number of rotatable bonds is 4. The lowest BCUT2D eigenvalue weighted by Gasteiger charge is -2.04. The molecule has 0 saturated heterocycles. The Morgan fingerprint density at radius 2 is 2.08 bits per heavy atom. The standard InChI is InChI=1S/C19H17N3O3/c1-11(2)17-15-8-13(9-21-19(15)25-22-17)18(23)20-10-14-7-12-5-3-4-6-16(12)24-14/h3-9,11H,10H2,1-2H3,(H,20,23). The topological polar surface area (TPSA) is 81.2 Å². The van der Waals surface area contributed by atoms with Gasteiger partial charge in [0.15, 0.2) is 0 Å². The van der Waals surface area contributed by atoms with E-state index in [9.17, 15) is 4.79 Å². The summed E-state index contributed by atoms with van der Waals surface area (Å²) in [5.41, 5.74) is 2.52. The Morgan fingerprint density at radius 3 is 2.88 bits per heavy atom. The molecule has 1 amide bonds. The Bertz CT molecular complexity index is 1030. The average Bonchev–Trinajstić information content (AvgIpc) is 3.22. The molecule has 0 fully saturated rings. The third-order valence-electron chi connectivity index (χ3n) is 4.07. The highest BCUT2D eigenvalue weighted by Gasteiger charge is 2.16. The largest absolute Gasteiger partial charge is 0.459 e. The van der Waals surface area contributed by atoms with Crippen LogP contribution in [0.2, 0.25) is 0 Å². The number of nitrogens with one attached hydrogen (secondary N) is 1. The minimum Gasteiger partial charge on any atom is -0.459 e. The smallest absolute Gasteiger partial charge is 0.257 e. The second kappa shape index (κ2) is 6.05. The molecule has 1 N–H and O–H groups in total. The summed E-state index contributed by atoms with van der Waals surface area (Å²) in [6, 6.07) is 11.4. The van der Waals surface area contributed by atoms with Gasteiger partial charge in [-0.25, -0.2) is 4.98 Å². The average molecular weight is 335 g/mol. The van der Waals surface area contributed by atoms with E-state index < -0.39 is 0 Å². The number of amides is 1. The molecule has 126 valence electrons. The molecule has 0 atom stereocenters. The molecule has 3 heterocycles. The van der Waals surface area contributed by atoms with E-state index in [4.69, 9.17) is 8.94 Å². The van der Waals surface area contributed by atoms with Gasteiger partial charge in [-0.05, 0) is 24.1 Å². The molecule has 6 nitrogen and oxygen atoms in total.